The number of rotatable bonds is 8. The molecule has 2 N–H and O–H groups in total. The molecule has 8 nitrogen and oxygen atoms in total. The Hall–Kier alpha value is -3.20. The third-order valence-electron chi connectivity index (χ3n) is 5.25. The lowest BCUT2D eigenvalue weighted by Gasteiger charge is -2.20. The van der Waals surface area contributed by atoms with Crippen LogP contribution in [0.3, 0.4) is 0 Å². The van der Waals surface area contributed by atoms with Crippen LogP contribution in [-0.4, -0.2) is 50.1 Å². The van der Waals surface area contributed by atoms with E-state index >= 15 is 0 Å². The van der Waals surface area contributed by atoms with Gasteiger partial charge in [-0.2, -0.15) is 11.8 Å². The van der Waals surface area contributed by atoms with E-state index in [1.165, 1.54) is 0 Å². The van der Waals surface area contributed by atoms with Gasteiger partial charge < -0.3 is 10.6 Å². The first-order valence-electron chi connectivity index (χ1n) is 10.7. The summed E-state index contributed by atoms with van der Waals surface area (Å²) in [6.07, 6.45) is 2.49. The summed E-state index contributed by atoms with van der Waals surface area (Å²) in [5.41, 5.74) is 3.07. The number of aryl methyl sites for hydroxylation is 1. The Morgan fingerprint density at radius 2 is 1.85 bits per heavy atom. The van der Waals surface area contributed by atoms with Gasteiger partial charge in [-0.05, 0) is 64.1 Å². The van der Waals surface area contributed by atoms with Crippen molar-refractivity contribution in [3.8, 4) is 11.4 Å². The first kappa shape index (κ1) is 24.4. The fourth-order valence-corrected chi connectivity index (χ4v) is 3.78. The average molecular weight is 467 g/mol. The Morgan fingerprint density at radius 3 is 2.45 bits per heavy atom. The van der Waals surface area contributed by atoms with Gasteiger partial charge in [0.05, 0.1) is 0 Å². The van der Waals surface area contributed by atoms with E-state index in [4.69, 9.17) is 0 Å². The van der Waals surface area contributed by atoms with Gasteiger partial charge in [0.15, 0.2) is 5.82 Å². The molecule has 0 saturated carbocycles. The summed E-state index contributed by atoms with van der Waals surface area (Å²) in [5, 5.41) is 17.3. The molecule has 0 saturated heterocycles. The first-order valence-corrected chi connectivity index (χ1v) is 12.1. The number of amides is 2. The molecule has 174 valence electrons. The van der Waals surface area contributed by atoms with Gasteiger partial charge >= 0.3 is 0 Å². The zero-order valence-corrected chi connectivity index (χ0v) is 20.4. The van der Waals surface area contributed by atoms with Crippen molar-refractivity contribution in [2.75, 3.05) is 17.3 Å². The number of tetrazole rings is 1. The number of benzene rings is 2. The molecule has 1 atom stereocenters. The van der Waals surface area contributed by atoms with Crippen LogP contribution < -0.4 is 10.6 Å². The Morgan fingerprint density at radius 1 is 1.12 bits per heavy atom. The highest BCUT2D eigenvalue weighted by Gasteiger charge is 2.22. The monoisotopic (exact) mass is 466 g/mol. The lowest BCUT2D eigenvalue weighted by molar-refractivity contribution is -0.118. The topological polar surface area (TPSA) is 102 Å². The Bertz CT molecular complexity index is 1100. The second-order valence-electron chi connectivity index (χ2n) is 8.83. The van der Waals surface area contributed by atoms with Crippen molar-refractivity contribution < 1.29 is 9.59 Å². The number of carbonyl (C=O) groups excluding carboxylic acids is 2. The lowest BCUT2D eigenvalue weighted by Crippen LogP contribution is -2.44. The van der Waals surface area contributed by atoms with Crippen molar-refractivity contribution in [1.82, 2.24) is 25.5 Å². The molecule has 0 aliphatic rings. The fraction of sp³-hybridized carbons (Fsp3) is 0.375. The van der Waals surface area contributed by atoms with E-state index in [-0.39, 0.29) is 17.2 Å². The number of hydrogen-bond acceptors (Lipinski definition) is 6. The van der Waals surface area contributed by atoms with Crippen molar-refractivity contribution in [3.63, 3.8) is 0 Å². The SMILES string of the molecule is CSCC[C@@H](NC(=O)c1ccc(C(C)(C)C)cc1)C(=O)Nc1cccc(-c2nnnn2C)c1. The van der Waals surface area contributed by atoms with E-state index in [0.717, 1.165) is 16.9 Å². The minimum Gasteiger partial charge on any atom is -0.340 e. The van der Waals surface area contributed by atoms with Crippen LogP contribution in [0.5, 0.6) is 0 Å². The molecule has 0 unspecified atom stereocenters. The van der Waals surface area contributed by atoms with Crippen LogP contribution in [0.25, 0.3) is 11.4 Å². The van der Waals surface area contributed by atoms with Crippen molar-refractivity contribution in [2.45, 2.75) is 38.6 Å². The highest BCUT2D eigenvalue weighted by molar-refractivity contribution is 7.98. The molecular weight excluding hydrogens is 436 g/mol. The molecule has 0 spiro atoms. The second kappa shape index (κ2) is 10.6. The lowest BCUT2D eigenvalue weighted by atomic mass is 9.86. The van der Waals surface area contributed by atoms with Gasteiger partial charge in [0.2, 0.25) is 5.91 Å². The normalized spacial score (nSPS) is 12.3. The van der Waals surface area contributed by atoms with Gasteiger partial charge in [-0.15, -0.1) is 5.10 Å². The highest BCUT2D eigenvalue weighted by Crippen LogP contribution is 2.22. The van der Waals surface area contributed by atoms with Crippen LogP contribution in [0.1, 0.15) is 43.1 Å². The van der Waals surface area contributed by atoms with Crippen LogP contribution >= 0.6 is 11.8 Å². The van der Waals surface area contributed by atoms with Gasteiger partial charge in [-0.1, -0.05) is 45.0 Å². The van der Waals surface area contributed by atoms with Gasteiger partial charge in [0.25, 0.3) is 5.91 Å². The maximum absolute atomic E-state index is 13.1. The van der Waals surface area contributed by atoms with Crippen LogP contribution in [0.15, 0.2) is 48.5 Å². The second-order valence-corrected chi connectivity index (χ2v) is 9.82. The van der Waals surface area contributed by atoms with E-state index in [9.17, 15) is 9.59 Å². The minimum atomic E-state index is -0.660. The first-order chi connectivity index (χ1) is 15.7. The average Bonchev–Trinajstić information content (AvgIpc) is 3.22. The Labute approximate surface area is 198 Å². The van der Waals surface area contributed by atoms with Crippen LogP contribution in [0.4, 0.5) is 5.69 Å². The molecule has 0 aliphatic heterocycles. The molecule has 1 aromatic heterocycles. The third-order valence-corrected chi connectivity index (χ3v) is 5.90. The van der Waals surface area contributed by atoms with Crippen molar-refractivity contribution in [2.24, 2.45) is 7.05 Å². The van der Waals surface area contributed by atoms with E-state index in [0.29, 0.717) is 23.5 Å². The summed E-state index contributed by atoms with van der Waals surface area (Å²) in [6, 6.07) is 14.2. The van der Waals surface area contributed by atoms with Crippen molar-refractivity contribution >= 4 is 29.3 Å². The summed E-state index contributed by atoms with van der Waals surface area (Å²) < 4.78 is 1.56. The smallest absolute Gasteiger partial charge is 0.251 e. The van der Waals surface area contributed by atoms with Crippen LogP contribution in [0.2, 0.25) is 0 Å². The number of aromatic nitrogens is 4. The summed E-state index contributed by atoms with van der Waals surface area (Å²) >= 11 is 1.63. The molecule has 9 heteroatoms. The highest BCUT2D eigenvalue weighted by atomic mass is 32.2. The van der Waals surface area contributed by atoms with E-state index in [1.54, 1.807) is 41.7 Å². The molecule has 2 amide bonds. The zero-order chi connectivity index (χ0) is 24.0. The number of hydrogen-bond donors (Lipinski definition) is 2. The number of thioether (sulfide) groups is 1. The zero-order valence-electron chi connectivity index (χ0n) is 19.6. The number of anilines is 1. The maximum Gasteiger partial charge on any atom is 0.251 e. The summed E-state index contributed by atoms with van der Waals surface area (Å²) in [6.45, 7) is 6.38. The van der Waals surface area contributed by atoms with Crippen LogP contribution in [0, 0.1) is 0 Å². The molecule has 3 aromatic rings. The Kier molecular flexibility index (Phi) is 7.86. The molecule has 1 heterocycles. The summed E-state index contributed by atoms with van der Waals surface area (Å²) in [7, 11) is 1.75. The van der Waals surface area contributed by atoms with Gasteiger partial charge in [-0.25, -0.2) is 4.68 Å². The molecule has 0 bridgehead atoms. The maximum atomic E-state index is 13.1. The van der Waals surface area contributed by atoms with Crippen molar-refractivity contribution in [3.05, 3.63) is 59.7 Å². The van der Waals surface area contributed by atoms with Crippen molar-refractivity contribution in [1.29, 1.82) is 0 Å². The van der Waals surface area contributed by atoms with Gasteiger partial charge in [0, 0.05) is 23.9 Å². The number of nitrogens with zero attached hydrogens (tertiary/aromatic N) is 4. The van der Waals surface area contributed by atoms with Crippen LogP contribution in [-0.2, 0) is 17.3 Å². The predicted molar refractivity (Wildman–Crippen MR) is 132 cm³/mol. The largest absolute Gasteiger partial charge is 0.340 e. The number of nitrogens with one attached hydrogen (secondary N) is 2. The number of carbonyl (C=O) groups is 2. The summed E-state index contributed by atoms with van der Waals surface area (Å²) in [5.74, 6) is 0.802. The van der Waals surface area contributed by atoms with E-state index in [2.05, 4.69) is 46.9 Å². The molecule has 33 heavy (non-hydrogen) atoms. The van der Waals surface area contributed by atoms with E-state index < -0.39 is 6.04 Å². The Balaban J connectivity index is 1.72. The predicted octanol–water partition coefficient (Wildman–Crippen LogP) is 3.66. The summed E-state index contributed by atoms with van der Waals surface area (Å²) in [4.78, 5) is 25.9. The van der Waals surface area contributed by atoms with E-state index in [1.807, 2.05) is 36.6 Å². The third kappa shape index (κ3) is 6.41. The molecule has 0 aliphatic carbocycles. The van der Waals surface area contributed by atoms with Gasteiger partial charge in [0.1, 0.15) is 6.04 Å². The molecule has 0 fully saturated rings. The molecule has 3 rings (SSSR count). The van der Waals surface area contributed by atoms with Gasteiger partial charge in [-0.3, -0.25) is 9.59 Å². The molecule has 2 aromatic carbocycles. The molecular formula is C24H30N6O2S. The quantitative estimate of drug-likeness (QED) is 0.525. The fourth-order valence-electron chi connectivity index (χ4n) is 3.31. The molecule has 0 radical (unpaired) electrons. The standard InChI is InChI=1S/C24H30N6O2S/c1-24(2,3)18-11-9-16(10-12-18)22(31)26-20(13-14-33-5)23(32)25-19-8-6-7-17(15-19)21-27-28-29-30(21)4/h6-12,15,20H,13-14H2,1-5H3,(H,25,32)(H,26,31)/t20-/m1/s1. The minimum absolute atomic E-state index is 0.00533.